The minimum absolute atomic E-state index is 0.0272. The zero-order valence-electron chi connectivity index (χ0n) is 16.8. The number of amides is 1. The molecule has 29 heavy (non-hydrogen) atoms. The monoisotopic (exact) mass is 418 g/mol. The Bertz CT molecular complexity index is 932. The maximum atomic E-state index is 12.7. The van der Waals surface area contributed by atoms with Crippen LogP contribution < -0.4 is 9.46 Å². The summed E-state index contributed by atoms with van der Waals surface area (Å²) in [6.07, 6.45) is -0.0543. The number of hydrogen-bond donors (Lipinski definition) is 1. The standard InChI is InChI=1S/C21H26N2O5S/c1-4-27-19-9-7-18(8-10-19)22-29(25,26)20-11-5-17(6-12-20)21(24)23-13-15(2)28-16(3)14-23/h5-12,15-16,22H,4,13-14H2,1-3H3/t15-,16+. The lowest BCUT2D eigenvalue weighted by atomic mass is 10.1. The van der Waals surface area contributed by atoms with Crippen LogP contribution in [0, 0.1) is 0 Å². The lowest BCUT2D eigenvalue weighted by Gasteiger charge is -2.35. The number of ether oxygens (including phenoxy) is 2. The maximum Gasteiger partial charge on any atom is 0.261 e. The number of nitrogens with one attached hydrogen (secondary N) is 1. The molecular formula is C21H26N2O5S. The number of hydrogen-bond acceptors (Lipinski definition) is 5. The van der Waals surface area contributed by atoms with Gasteiger partial charge in [0, 0.05) is 24.3 Å². The van der Waals surface area contributed by atoms with E-state index in [1.807, 2.05) is 20.8 Å². The summed E-state index contributed by atoms with van der Waals surface area (Å²) in [5, 5.41) is 0. The zero-order chi connectivity index (χ0) is 21.0. The molecule has 1 fully saturated rings. The SMILES string of the molecule is CCOc1ccc(NS(=O)(=O)c2ccc(C(=O)N3C[C@@H](C)O[C@@H](C)C3)cc2)cc1. The first-order valence-corrected chi connectivity index (χ1v) is 11.1. The number of anilines is 1. The molecule has 2 aromatic rings. The number of sulfonamides is 1. The fourth-order valence-electron chi connectivity index (χ4n) is 3.30. The molecule has 0 spiro atoms. The van der Waals surface area contributed by atoms with Crippen LogP contribution in [0.2, 0.25) is 0 Å². The van der Waals surface area contributed by atoms with E-state index in [1.165, 1.54) is 12.1 Å². The van der Waals surface area contributed by atoms with E-state index < -0.39 is 10.0 Å². The summed E-state index contributed by atoms with van der Waals surface area (Å²) in [6, 6.07) is 12.7. The number of morpholine rings is 1. The molecule has 1 amide bonds. The number of nitrogens with zero attached hydrogens (tertiary/aromatic N) is 1. The second-order valence-corrected chi connectivity index (χ2v) is 8.74. The summed E-state index contributed by atoms with van der Waals surface area (Å²) in [6.45, 7) is 7.31. The highest BCUT2D eigenvalue weighted by Crippen LogP contribution is 2.21. The van der Waals surface area contributed by atoms with Crippen LogP contribution in [-0.2, 0) is 14.8 Å². The number of carbonyl (C=O) groups is 1. The largest absolute Gasteiger partial charge is 0.494 e. The van der Waals surface area contributed by atoms with Crippen molar-refractivity contribution in [2.45, 2.75) is 37.9 Å². The Morgan fingerprint density at radius 3 is 2.21 bits per heavy atom. The average molecular weight is 419 g/mol. The number of rotatable bonds is 6. The maximum absolute atomic E-state index is 12.7. The van der Waals surface area contributed by atoms with Crippen molar-refractivity contribution >= 4 is 21.6 Å². The first kappa shape index (κ1) is 21.1. The van der Waals surface area contributed by atoms with Crippen LogP contribution in [0.25, 0.3) is 0 Å². The molecule has 2 aromatic carbocycles. The molecule has 0 saturated carbocycles. The summed E-state index contributed by atoms with van der Waals surface area (Å²) in [7, 11) is -3.76. The van der Waals surface area contributed by atoms with Crippen LogP contribution in [0.3, 0.4) is 0 Å². The molecule has 0 aliphatic carbocycles. The Hall–Kier alpha value is -2.58. The van der Waals surface area contributed by atoms with Crippen LogP contribution in [0.15, 0.2) is 53.4 Å². The number of benzene rings is 2. The third-order valence-electron chi connectivity index (χ3n) is 4.54. The van der Waals surface area contributed by atoms with Gasteiger partial charge in [-0.05, 0) is 69.3 Å². The van der Waals surface area contributed by atoms with Gasteiger partial charge in [0.15, 0.2) is 0 Å². The van der Waals surface area contributed by atoms with Crippen molar-refractivity contribution in [2.75, 3.05) is 24.4 Å². The molecule has 1 saturated heterocycles. The Kier molecular flexibility index (Phi) is 6.44. The fraction of sp³-hybridized carbons (Fsp3) is 0.381. The van der Waals surface area contributed by atoms with Gasteiger partial charge in [0.25, 0.3) is 15.9 Å². The van der Waals surface area contributed by atoms with E-state index in [-0.39, 0.29) is 23.0 Å². The van der Waals surface area contributed by atoms with Gasteiger partial charge in [-0.15, -0.1) is 0 Å². The normalized spacial score (nSPS) is 19.6. The zero-order valence-corrected chi connectivity index (χ0v) is 17.6. The molecule has 0 aromatic heterocycles. The Morgan fingerprint density at radius 1 is 1.07 bits per heavy atom. The summed E-state index contributed by atoms with van der Waals surface area (Å²) >= 11 is 0. The topological polar surface area (TPSA) is 84.9 Å². The highest BCUT2D eigenvalue weighted by Gasteiger charge is 2.27. The van der Waals surface area contributed by atoms with Gasteiger partial charge in [-0.3, -0.25) is 9.52 Å². The molecule has 7 nitrogen and oxygen atoms in total. The van der Waals surface area contributed by atoms with Crippen LogP contribution in [0.5, 0.6) is 5.75 Å². The van der Waals surface area contributed by atoms with Crippen LogP contribution >= 0.6 is 0 Å². The van der Waals surface area contributed by atoms with Crippen molar-refractivity contribution in [1.82, 2.24) is 4.90 Å². The highest BCUT2D eigenvalue weighted by molar-refractivity contribution is 7.92. The highest BCUT2D eigenvalue weighted by atomic mass is 32.2. The van der Waals surface area contributed by atoms with Gasteiger partial charge in [-0.1, -0.05) is 0 Å². The lowest BCUT2D eigenvalue weighted by Crippen LogP contribution is -2.48. The van der Waals surface area contributed by atoms with Gasteiger partial charge in [-0.25, -0.2) is 8.42 Å². The van der Waals surface area contributed by atoms with Gasteiger partial charge in [0.2, 0.25) is 0 Å². The van der Waals surface area contributed by atoms with Crippen molar-refractivity contribution in [1.29, 1.82) is 0 Å². The average Bonchev–Trinajstić information content (AvgIpc) is 2.68. The van der Waals surface area contributed by atoms with E-state index in [1.54, 1.807) is 41.3 Å². The molecule has 156 valence electrons. The summed E-state index contributed by atoms with van der Waals surface area (Å²) < 4.78 is 38.8. The van der Waals surface area contributed by atoms with Crippen molar-refractivity contribution < 1.29 is 22.7 Å². The second-order valence-electron chi connectivity index (χ2n) is 7.05. The first-order chi connectivity index (χ1) is 13.8. The summed E-state index contributed by atoms with van der Waals surface area (Å²) in [5.41, 5.74) is 0.885. The first-order valence-electron chi connectivity index (χ1n) is 9.59. The Balaban J connectivity index is 1.70. The van der Waals surface area contributed by atoms with E-state index >= 15 is 0 Å². The van der Waals surface area contributed by atoms with Gasteiger partial charge in [-0.2, -0.15) is 0 Å². The molecule has 1 aliphatic heterocycles. The van der Waals surface area contributed by atoms with Crippen molar-refractivity contribution in [2.24, 2.45) is 0 Å². The summed E-state index contributed by atoms with van der Waals surface area (Å²) in [5.74, 6) is 0.542. The van der Waals surface area contributed by atoms with Crippen LogP contribution in [0.1, 0.15) is 31.1 Å². The predicted molar refractivity (Wildman–Crippen MR) is 111 cm³/mol. The minimum atomic E-state index is -3.76. The molecule has 3 rings (SSSR count). The van der Waals surface area contributed by atoms with Crippen molar-refractivity contribution in [3.63, 3.8) is 0 Å². The third kappa shape index (κ3) is 5.27. The smallest absolute Gasteiger partial charge is 0.261 e. The van der Waals surface area contributed by atoms with E-state index in [9.17, 15) is 13.2 Å². The Labute approximate surface area is 171 Å². The van der Waals surface area contributed by atoms with Gasteiger partial charge < -0.3 is 14.4 Å². The molecule has 0 radical (unpaired) electrons. The van der Waals surface area contributed by atoms with E-state index in [0.717, 1.165) is 0 Å². The van der Waals surface area contributed by atoms with Gasteiger partial charge in [0.1, 0.15) is 5.75 Å². The molecular weight excluding hydrogens is 392 g/mol. The second kappa shape index (κ2) is 8.84. The molecule has 1 N–H and O–H groups in total. The fourth-order valence-corrected chi connectivity index (χ4v) is 4.36. The number of carbonyl (C=O) groups excluding carboxylic acids is 1. The molecule has 2 atom stereocenters. The molecule has 1 heterocycles. The van der Waals surface area contributed by atoms with E-state index in [2.05, 4.69) is 4.72 Å². The third-order valence-corrected chi connectivity index (χ3v) is 5.93. The minimum Gasteiger partial charge on any atom is -0.494 e. The van der Waals surface area contributed by atoms with Crippen LogP contribution in [-0.4, -0.2) is 51.1 Å². The van der Waals surface area contributed by atoms with Crippen molar-refractivity contribution in [3.8, 4) is 5.75 Å². The van der Waals surface area contributed by atoms with Gasteiger partial charge >= 0.3 is 0 Å². The summed E-state index contributed by atoms with van der Waals surface area (Å²) in [4.78, 5) is 14.5. The predicted octanol–water partition coefficient (Wildman–Crippen LogP) is 3.14. The molecule has 0 unspecified atom stereocenters. The quantitative estimate of drug-likeness (QED) is 0.779. The van der Waals surface area contributed by atoms with Crippen LogP contribution in [0.4, 0.5) is 5.69 Å². The van der Waals surface area contributed by atoms with E-state index in [0.29, 0.717) is 36.7 Å². The Morgan fingerprint density at radius 2 is 1.66 bits per heavy atom. The lowest BCUT2D eigenvalue weighted by molar-refractivity contribution is -0.0586. The molecule has 0 bridgehead atoms. The van der Waals surface area contributed by atoms with Gasteiger partial charge in [0.05, 0.1) is 23.7 Å². The molecule has 1 aliphatic rings. The molecule has 8 heteroatoms. The van der Waals surface area contributed by atoms with Crippen molar-refractivity contribution in [3.05, 3.63) is 54.1 Å². The van der Waals surface area contributed by atoms with E-state index in [4.69, 9.17) is 9.47 Å².